The quantitative estimate of drug-likeness (QED) is 0.770. The average molecular weight is 308 g/mol. The minimum Gasteiger partial charge on any atom is -0.309 e. The van der Waals surface area contributed by atoms with Crippen LogP contribution in [0, 0.1) is 0 Å². The van der Waals surface area contributed by atoms with E-state index in [0.29, 0.717) is 17.8 Å². The average Bonchev–Trinajstić information content (AvgIpc) is 2.48. The van der Waals surface area contributed by atoms with Crippen LogP contribution in [0.3, 0.4) is 0 Å². The maximum atomic E-state index is 12.7. The molecule has 0 aliphatic heterocycles. The highest BCUT2D eigenvalue weighted by atomic mass is 35.5. The van der Waals surface area contributed by atoms with E-state index in [4.69, 9.17) is 11.6 Å². The van der Waals surface area contributed by atoms with Gasteiger partial charge in [0, 0.05) is 6.54 Å². The first-order chi connectivity index (χ1) is 10.0. The maximum Gasteiger partial charge on any atom is 0.261 e. The Morgan fingerprint density at radius 2 is 2.05 bits per heavy atom. The summed E-state index contributed by atoms with van der Waals surface area (Å²) in [5, 5.41) is 0.424. The molecular weight excluding hydrogens is 286 g/mol. The van der Waals surface area contributed by atoms with E-state index in [9.17, 15) is 4.79 Å². The number of hydrogen-bond donors (Lipinski definition) is 0. The molecule has 1 aromatic carbocycles. The molecule has 0 fully saturated rings. The van der Waals surface area contributed by atoms with E-state index in [1.165, 1.54) is 0 Å². The van der Waals surface area contributed by atoms with Crippen LogP contribution < -0.4 is 5.56 Å². The molecule has 0 saturated heterocycles. The molecule has 0 saturated carbocycles. The van der Waals surface area contributed by atoms with Gasteiger partial charge >= 0.3 is 0 Å². The molecule has 1 atom stereocenters. The van der Waals surface area contributed by atoms with E-state index < -0.39 is 0 Å². The third-order valence-corrected chi connectivity index (χ3v) is 4.02. The van der Waals surface area contributed by atoms with Crippen molar-refractivity contribution in [3.8, 4) is 0 Å². The summed E-state index contributed by atoms with van der Waals surface area (Å²) in [6, 6.07) is 7.45. The van der Waals surface area contributed by atoms with Crippen molar-refractivity contribution in [2.24, 2.45) is 0 Å². The van der Waals surface area contributed by atoms with Crippen molar-refractivity contribution in [3.63, 3.8) is 0 Å². The molecule has 1 heterocycles. The summed E-state index contributed by atoms with van der Waals surface area (Å²) in [4.78, 5) is 19.4. The number of fused-ring (bicyclic) bond motifs is 1. The molecule has 114 valence electrons. The lowest BCUT2D eigenvalue weighted by atomic mass is 10.2. The van der Waals surface area contributed by atoms with Crippen LogP contribution >= 0.6 is 11.6 Å². The zero-order valence-electron chi connectivity index (χ0n) is 12.8. The van der Waals surface area contributed by atoms with Crippen molar-refractivity contribution in [2.45, 2.75) is 31.7 Å². The molecule has 0 amide bonds. The summed E-state index contributed by atoms with van der Waals surface area (Å²) in [6.07, 6.45) is 1.65. The summed E-state index contributed by atoms with van der Waals surface area (Å²) in [5.74, 6) is 0.682. The van der Waals surface area contributed by atoms with Crippen molar-refractivity contribution in [2.75, 3.05) is 20.6 Å². The van der Waals surface area contributed by atoms with Crippen molar-refractivity contribution in [1.29, 1.82) is 0 Å². The number of para-hydroxylation sites is 1. The van der Waals surface area contributed by atoms with Crippen LogP contribution in [0.25, 0.3) is 10.9 Å². The van der Waals surface area contributed by atoms with Gasteiger partial charge in [-0.2, -0.15) is 0 Å². The lowest BCUT2D eigenvalue weighted by molar-refractivity contribution is 0.382. The molecule has 5 heteroatoms. The van der Waals surface area contributed by atoms with E-state index in [-0.39, 0.29) is 10.9 Å². The molecule has 0 aliphatic rings. The second kappa shape index (κ2) is 7.05. The van der Waals surface area contributed by atoms with Gasteiger partial charge in [-0.25, -0.2) is 4.98 Å². The third kappa shape index (κ3) is 3.63. The molecule has 2 aromatic rings. The fourth-order valence-electron chi connectivity index (χ4n) is 2.37. The standard InChI is InChI=1S/C16H22ClN3O/c1-4-13(17)15-18-14-9-6-5-8-12(14)16(21)20(15)11-7-10-19(2)3/h5-6,8-9,13H,4,7,10-11H2,1-3H3. The molecule has 0 bridgehead atoms. The van der Waals surface area contributed by atoms with E-state index >= 15 is 0 Å². The van der Waals surface area contributed by atoms with Gasteiger partial charge in [-0.1, -0.05) is 19.1 Å². The minimum absolute atomic E-state index is 0.00783. The normalized spacial score (nSPS) is 13.0. The van der Waals surface area contributed by atoms with Crippen LogP contribution in [0.1, 0.15) is 31.0 Å². The summed E-state index contributed by atoms with van der Waals surface area (Å²) in [7, 11) is 4.05. The Bertz CT molecular complexity index is 666. The molecule has 1 unspecified atom stereocenters. The van der Waals surface area contributed by atoms with Crippen molar-refractivity contribution in [3.05, 3.63) is 40.4 Å². The van der Waals surface area contributed by atoms with E-state index in [1.807, 2.05) is 45.3 Å². The largest absolute Gasteiger partial charge is 0.309 e. The smallest absolute Gasteiger partial charge is 0.261 e. The van der Waals surface area contributed by atoms with Crippen LogP contribution in [0.15, 0.2) is 29.1 Å². The molecule has 0 aliphatic carbocycles. The van der Waals surface area contributed by atoms with Crippen molar-refractivity contribution >= 4 is 22.5 Å². The zero-order chi connectivity index (χ0) is 15.4. The first-order valence-electron chi connectivity index (χ1n) is 7.33. The zero-order valence-corrected chi connectivity index (χ0v) is 13.6. The van der Waals surface area contributed by atoms with Gasteiger partial charge in [0.25, 0.3) is 5.56 Å². The Balaban J connectivity index is 2.48. The second-order valence-corrected chi connectivity index (χ2v) is 6.00. The highest BCUT2D eigenvalue weighted by Gasteiger charge is 2.16. The molecular formula is C16H22ClN3O. The molecule has 0 N–H and O–H groups in total. The van der Waals surface area contributed by atoms with Gasteiger partial charge in [-0.05, 0) is 45.6 Å². The van der Waals surface area contributed by atoms with Gasteiger partial charge in [-0.3, -0.25) is 9.36 Å². The molecule has 1 aromatic heterocycles. The molecule has 0 radical (unpaired) electrons. The van der Waals surface area contributed by atoms with Gasteiger partial charge < -0.3 is 4.90 Å². The number of alkyl halides is 1. The topological polar surface area (TPSA) is 38.1 Å². The lowest BCUT2D eigenvalue weighted by Crippen LogP contribution is -2.27. The summed E-state index contributed by atoms with van der Waals surface area (Å²) in [5.41, 5.74) is 0.730. The minimum atomic E-state index is -0.235. The van der Waals surface area contributed by atoms with E-state index in [0.717, 1.165) is 24.9 Å². The maximum absolute atomic E-state index is 12.7. The van der Waals surface area contributed by atoms with Gasteiger partial charge in [-0.15, -0.1) is 11.6 Å². The number of halogens is 1. The Morgan fingerprint density at radius 1 is 1.33 bits per heavy atom. The fourth-order valence-corrected chi connectivity index (χ4v) is 2.53. The number of aromatic nitrogens is 2. The summed E-state index contributed by atoms with van der Waals surface area (Å²) >= 11 is 6.38. The highest BCUT2D eigenvalue weighted by molar-refractivity contribution is 6.20. The third-order valence-electron chi connectivity index (χ3n) is 3.52. The predicted molar refractivity (Wildman–Crippen MR) is 88.1 cm³/mol. The monoisotopic (exact) mass is 307 g/mol. The van der Waals surface area contributed by atoms with Gasteiger partial charge in [0.15, 0.2) is 0 Å². The van der Waals surface area contributed by atoms with Crippen LogP contribution in [-0.2, 0) is 6.54 Å². The van der Waals surface area contributed by atoms with Crippen molar-refractivity contribution < 1.29 is 0 Å². The Hall–Kier alpha value is -1.39. The SMILES string of the molecule is CCC(Cl)c1nc2ccccc2c(=O)n1CCCN(C)C. The lowest BCUT2D eigenvalue weighted by Gasteiger charge is -2.17. The predicted octanol–water partition coefficient (Wildman–Crippen LogP) is 3.04. The van der Waals surface area contributed by atoms with Gasteiger partial charge in [0.2, 0.25) is 0 Å². The number of hydrogen-bond acceptors (Lipinski definition) is 3. The van der Waals surface area contributed by atoms with Crippen LogP contribution in [0.4, 0.5) is 0 Å². The van der Waals surface area contributed by atoms with Crippen LogP contribution in [0.5, 0.6) is 0 Å². The van der Waals surface area contributed by atoms with E-state index in [1.54, 1.807) is 4.57 Å². The van der Waals surface area contributed by atoms with E-state index in [2.05, 4.69) is 9.88 Å². The molecule has 4 nitrogen and oxygen atoms in total. The first kappa shape index (κ1) is 16.0. The number of nitrogens with zero attached hydrogens (tertiary/aromatic N) is 3. The van der Waals surface area contributed by atoms with Gasteiger partial charge in [0.1, 0.15) is 5.82 Å². The highest BCUT2D eigenvalue weighted by Crippen LogP contribution is 2.22. The van der Waals surface area contributed by atoms with Crippen LogP contribution in [0.2, 0.25) is 0 Å². The molecule has 21 heavy (non-hydrogen) atoms. The number of benzene rings is 1. The Labute approximate surface area is 130 Å². The fraction of sp³-hybridized carbons (Fsp3) is 0.500. The molecule has 2 rings (SSSR count). The second-order valence-electron chi connectivity index (χ2n) is 5.48. The summed E-state index contributed by atoms with van der Waals surface area (Å²) in [6.45, 7) is 3.58. The van der Waals surface area contributed by atoms with Crippen molar-refractivity contribution in [1.82, 2.24) is 14.5 Å². The van der Waals surface area contributed by atoms with Crippen LogP contribution in [-0.4, -0.2) is 35.1 Å². The van der Waals surface area contributed by atoms with Gasteiger partial charge in [0.05, 0.1) is 16.3 Å². The Kier molecular flexibility index (Phi) is 5.37. The molecule has 0 spiro atoms. The Morgan fingerprint density at radius 3 is 2.71 bits per heavy atom. The summed E-state index contributed by atoms with van der Waals surface area (Å²) < 4.78 is 1.74. The first-order valence-corrected chi connectivity index (χ1v) is 7.76. The number of rotatable bonds is 6.